The van der Waals surface area contributed by atoms with Gasteiger partial charge in [0.2, 0.25) is 0 Å². The third kappa shape index (κ3) is 4.64. The molecule has 0 spiro atoms. The summed E-state index contributed by atoms with van der Waals surface area (Å²) in [6, 6.07) is 11.6. The lowest BCUT2D eigenvalue weighted by Crippen LogP contribution is -2.21. The lowest BCUT2D eigenvalue weighted by atomic mass is 9.98. The Morgan fingerprint density at radius 2 is 1.86 bits per heavy atom. The van der Waals surface area contributed by atoms with Crippen molar-refractivity contribution in [3.8, 4) is 28.5 Å². The molecular formula is C18H11F4N3O3. The van der Waals surface area contributed by atoms with Gasteiger partial charge in [0.1, 0.15) is 23.3 Å². The second-order valence-corrected chi connectivity index (χ2v) is 5.22. The average Bonchev–Trinajstić information content (AvgIpc) is 3.16. The van der Waals surface area contributed by atoms with Crippen molar-refractivity contribution in [3.63, 3.8) is 0 Å². The predicted octanol–water partition coefficient (Wildman–Crippen LogP) is 4.23. The number of nitrogen functional groups attached to an aromatic ring is 1. The van der Waals surface area contributed by atoms with Crippen molar-refractivity contribution in [3.05, 3.63) is 60.3 Å². The molecule has 3 N–H and O–H groups in total. The number of hydrogen-bond donors (Lipinski definition) is 2. The van der Waals surface area contributed by atoms with Gasteiger partial charge < -0.3 is 15.3 Å². The molecule has 0 saturated heterocycles. The summed E-state index contributed by atoms with van der Waals surface area (Å²) in [6.07, 6.45) is -2.06. The molecule has 2 aromatic heterocycles. The number of aromatic nitrogens is 1. The maximum atomic E-state index is 14.0. The number of hydrogen-bond acceptors (Lipinski definition) is 5. The van der Waals surface area contributed by atoms with Crippen LogP contribution in [0.2, 0.25) is 0 Å². The van der Waals surface area contributed by atoms with Crippen LogP contribution in [-0.2, 0) is 4.79 Å². The molecule has 0 amide bonds. The van der Waals surface area contributed by atoms with Crippen molar-refractivity contribution >= 4 is 11.8 Å². The zero-order chi connectivity index (χ0) is 20.9. The molecule has 10 heteroatoms. The van der Waals surface area contributed by atoms with Crippen LogP contribution in [0.5, 0.6) is 0 Å². The van der Waals surface area contributed by atoms with Crippen LogP contribution in [0.3, 0.4) is 0 Å². The molecule has 2 heterocycles. The summed E-state index contributed by atoms with van der Waals surface area (Å²) < 4.78 is 50.8. The molecule has 0 aliphatic heterocycles. The van der Waals surface area contributed by atoms with Crippen LogP contribution in [0.4, 0.5) is 23.4 Å². The number of furan rings is 1. The maximum Gasteiger partial charge on any atom is 0.490 e. The minimum atomic E-state index is -5.08. The number of carbonyl (C=O) groups is 1. The van der Waals surface area contributed by atoms with Crippen LogP contribution in [0.25, 0.3) is 22.4 Å². The highest BCUT2D eigenvalue weighted by molar-refractivity contribution is 5.80. The van der Waals surface area contributed by atoms with Crippen molar-refractivity contribution in [2.24, 2.45) is 0 Å². The van der Waals surface area contributed by atoms with Gasteiger partial charge in [0.05, 0.1) is 18.2 Å². The number of rotatable bonds is 2. The Hall–Kier alpha value is -3.87. The zero-order valence-electron chi connectivity index (χ0n) is 13.9. The SMILES string of the molecule is N#Cc1c(-c2ccccc2F)cc(-c2ccoc2)nc1N.O=C(O)C(F)(F)F. The summed E-state index contributed by atoms with van der Waals surface area (Å²) in [5.74, 6) is -3.11. The number of carboxylic acid groups (broad SMARTS) is 1. The Morgan fingerprint density at radius 1 is 1.21 bits per heavy atom. The number of nitriles is 1. The van der Waals surface area contributed by atoms with Gasteiger partial charge in [-0.3, -0.25) is 0 Å². The number of benzene rings is 1. The fourth-order valence-electron chi connectivity index (χ4n) is 2.13. The average molecular weight is 393 g/mol. The largest absolute Gasteiger partial charge is 0.490 e. The monoisotopic (exact) mass is 393 g/mol. The topological polar surface area (TPSA) is 113 Å². The first kappa shape index (κ1) is 20.4. The van der Waals surface area contributed by atoms with E-state index in [1.165, 1.54) is 18.6 Å². The van der Waals surface area contributed by atoms with Crippen LogP contribution in [-0.4, -0.2) is 22.2 Å². The van der Waals surface area contributed by atoms with Crippen LogP contribution in [0.15, 0.2) is 53.3 Å². The Kier molecular flexibility index (Phi) is 6.00. The van der Waals surface area contributed by atoms with E-state index in [-0.39, 0.29) is 11.4 Å². The molecule has 0 fully saturated rings. The molecule has 0 radical (unpaired) electrons. The molecule has 28 heavy (non-hydrogen) atoms. The summed E-state index contributed by atoms with van der Waals surface area (Å²) in [4.78, 5) is 13.1. The standard InChI is InChI=1S/C16H10FN3O.C2HF3O2/c17-14-4-2-1-3-11(14)12-7-15(10-5-6-21-9-10)20-16(19)13(12)8-18;3-2(4,5)1(6)7/h1-7,9H,(H2,19,20);(H,6,7). The van der Waals surface area contributed by atoms with E-state index in [4.69, 9.17) is 20.1 Å². The second-order valence-electron chi connectivity index (χ2n) is 5.22. The molecule has 6 nitrogen and oxygen atoms in total. The van der Waals surface area contributed by atoms with Crippen molar-refractivity contribution in [2.75, 3.05) is 5.73 Å². The Bertz CT molecular complexity index is 1030. The van der Waals surface area contributed by atoms with Crippen molar-refractivity contribution in [2.45, 2.75) is 6.18 Å². The summed E-state index contributed by atoms with van der Waals surface area (Å²) in [5, 5.41) is 16.4. The number of pyridine rings is 1. The normalized spacial score (nSPS) is 10.5. The van der Waals surface area contributed by atoms with E-state index < -0.39 is 18.0 Å². The zero-order valence-corrected chi connectivity index (χ0v) is 13.9. The summed E-state index contributed by atoms with van der Waals surface area (Å²) in [5.41, 5.74) is 7.97. The summed E-state index contributed by atoms with van der Waals surface area (Å²) in [6.45, 7) is 0. The molecule has 0 aliphatic carbocycles. The minimum Gasteiger partial charge on any atom is -0.475 e. The lowest BCUT2D eigenvalue weighted by molar-refractivity contribution is -0.192. The first-order valence-corrected chi connectivity index (χ1v) is 7.43. The third-order valence-electron chi connectivity index (χ3n) is 3.38. The molecule has 3 aromatic rings. The van der Waals surface area contributed by atoms with Crippen molar-refractivity contribution < 1.29 is 31.9 Å². The van der Waals surface area contributed by atoms with Gasteiger partial charge in [-0.1, -0.05) is 18.2 Å². The van der Waals surface area contributed by atoms with Crippen molar-refractivity contribution in [1.29, 1.82) is 5.26 Å². The molecule has 3 rings (SSSR count). The molecule has 0 aliphatic rings. The van der Waals surface area contributed by atoms with Crippen LogP contribution in [0.1, 0.15) is 5.56 Å². The molecule has 1 aromatic carbocycles. The van der Waals surface area contributed by atoms with Gasteiger partial charge in [0.15, 0.2) is 0 Å². The van der Waals surface area contributed by atoms with Gasteiger partial charge in [-0.2, -0.15) is 18.4 Å². The minimum absolute atomic E-state index is 0.0643. The van der Waals surface area contributed by atoms with Gasteiger partial charge in [0, 0.05) is 16.7 Å². The van der Waals surface area contributed by atoms with Gasteiger partial charge in [-0.25, -0.2) is 14.2 Å². The smallest absolute Gasteiger partial charge is 0.475 e. The number of aliphatic carboxylic acids is 1. The number of nitrogens with zero attached hydrogens (tertiary/aromatic N) is 2. The number of nitrogens with two attached hydrogens (primary N) is 1. The highest BCUT2D eigenvalue weighted by Gasteiger charge is 2.38. The van der Waals surface area contributed by atoms with E-state index >= 15 is 0 Å². The van der Waals surface area contributed by atoms with Crippen molar-refractivity contribution in [1.82, 2.24) is 4.98 Å². The van der Waals surface area contributed by atoms with E-state index in [0.717, 1.165) is 0 Å². The fraction of sp³-hybridized carbons (Fsp3) is 0.0556. The predicted molar refractivity (Wildman–Crippen MR) is 90.2 cm³/mol. The first-order chi connectivity index (χ1) is 13.1. The highest BCUT2D eigenvalue weighted by Crippen LogP contribution is 2.32. The fourth-order valence-corrected chi connectivity index (χ4v) is 2.13. The number of halogens is 4. The van der Waals surface area contributed by atoms with Gasteiger partial charge in [0.25, 0.3) is 0 Å². The molecule has 0 unspecified atom stereocenters. The molecule has 144 valence electrons. The number of alkyl halides is 3. The van der Waals surface area contributed by atoms with Crippen LogP contribution >= 0.6 is 0 Å². The van der Waals surface area contributed by atoms with Crippen LogP contribution < -0.4 is 5.73 Å². The summed E-state index contributed by atoms with van der Waals surface area (Å²) in [7, 11) is 0. The van der Waals surface area contributed by atoms with Crippen LogP contribution in [0, 0.1) is 17.1 Å². The lowest BCUT2D eigenvalue weighted by Gasteiger charge is -2.09. The summed E-state index contributed by atoms with van der Waals surface area (Å²) >= 11 is 0. The molecule has 0 saturated carbocycles. The maximum absolute atomic E-state index is 14.0. The molecule has 0 bridgehead atoms. The van der Waals surface area contributed by atoms with E-state index in [9.17, 15) is 22.8 Å². The van der Waals surface area contributed by atoms with Gasteiger partial charge >= 0.3 is 12.1 Å². The number of carboxylic acids is 1. The molecule has 0 atom stereocenters. The molecular weight excluding hydrogens is 382 g/mol. The van der Waals surface area contributed by atoms with E-state index in [2.05, 4.69) is 4.98 Å². The quantitative estimate of drug-likeness (QED) is 0.630. The van der Waals surface area contributed by atoms with Gasteiger partial charge in [-0.15, -0.1) is 0 Å². The third-order valence-corrected chi connectivity index (χ3v) is 3.38. The second kappa shape index (κ2) is 8.22. The van der Waals surface area contributed by atoms with E-state index in [0.29, 0.717) is 22.4 Å². The van der Waals surface area contributed by atoms with Gasteiger partial charge in [-0.05, 0) is 18.2 Å². The Morgan fingerprint density at radius 3 is 2.36 bits per heavy atom. The highest BCUT2D eigenvalue weighted by atomic mass is 19.4. The Labute approximate surface area is 155 Å². The number of anilines is 1. The Balaban J connectivity index is 0.000000345. The van der Waals surface area contributed by atoms with E-state index in [1.54, 1.807) is 30.3 Å². The first-order valence-electron chi connectivity index (χ1n) is 7.43. The van der Waals surface area contributed by atoms with E-state index in [1.807, 2.05) is 6.07 Å².